The van der Waals surface area contributed by atoms with Crippen LogP contribution in [0.25, 0.3) is 11.1 Å². The number of nitrogens with zero attached hydrogens (tertiary/aromatic N) is 1. The number of nitrogens with one attached hydrogen (secondary N) is 2. The van der Waals surface area contributed by atoms with Crippen molar-refractivity contribution in [1.82, 2.24) is 10.6 Å². The number of hydrogen-bond acceptors (Lipinski definition) is 5. The number of hydrogen-bond donors (Lipinski definition) is 2. The second-order valence-corrected chi connectivity index (χ2v) is 6.86. The van der Waals surface area contributed by atoms with Crippen LogP contribution in [-0.4, -0.2) is 38.7 Å². The predicted octanol–water partition coefficient (Wildman–Crippen LogP) is 4.02. The fraction of sp³-hybridized carbons (Fsp3) is 0.333. The van der Waals surface area contributed by atoms with Crippen molar-refractivity contribution >= 4 is 23.5 Å². The average Bonchev–Trinajstić information content (AvgIpc) is 3.21. The summed E-state index contributed by atoms with van der Waals surface area (Å²) in [6, 6.07) is 7.35. The zero-order valence-corrected chi connectivity index (χ0v) is 17.1. The number of methoxy groups -OCH3 is 1. The maximum absolute atomic E-state index is 14.1. The minimum Gasteiger partial charge on any atom is -0.496 e. The first-order valence-electron chi connectivity index (χ1n) is 9.44. The molecule has 0 unspecified atom stereocenters. The van der Waals surface area contributed by atoms with Crippen LogP contribution in [0.3, 0.4) is 0 Å². The monoisotopic (exact) mass is 419 g/mol. The van der Waals surface area contributed by atoms with E-state index in [1.165, 1.54) is 25.3 Å². The minimum atomic E-state index is -0.470. The van der Waals surface area contributed by atoms with Gasteiger partial charge in [-0.2, -0.15) is 0 Å². The molecular weight excluding hydrogens is 397 g/mol. The van der Waals surface area contributed by atoms with E-state index in [0.29, 0.717) is 48.3 Å². The minimum absolute atomic E-state index is 0.203. The molecule has 0 bridgehead atoms. The molecule has 0 saturated carbocycles. The largest absolute Gasteiger partial charge is 0.496 e. The van der Waals surface area contributed by atoms with E-state index in [1.54, 1.807) is 12.1 Å². The first kappa shape index (κ1) is 20.9. The molecular formula is C21H23ClFN3O3. The Labute approximate surface area is 174 Å². The summed E-state index contributed by atoms with van der Waals surface area (Å²) in [6.45, 7) is 3.72. The number of guanidine groups is 1. The number of carbonyl (C=O) groups is 1. The summed E-state index contributed by atoms with van der Waals surface area (Å²) in [6.07, 6.45) is 1.77. The fourth-order valence-corrected chi connectivity index (χ4v) is 3.28. The van der Waals surface area contributed by atoms with Crippen LogP contribution in [0, 0.1) is 5.82 Å². The highest BCUT2D eigenvalue weighted by Gasteiger charge is 2.25. The molecule has 6 nitrogen and oxygen atoms in total. The summed E-state index contributed by atoms with van der Waals surface area (Å²) in [5.74, 6) is 0.215. The molecule has 8 heteroatoms. The van der Waals surface area contributed by atoms with Gasteiger partial charge in [-0.05, 0) is 36.8 Å². The van der Waals surface area contributed by atoms with Crippen LogP contribution in [0.5, 0.6) is 11.5 Å². The van der Waals surface area contributed by atoms with E-state index in [0.717, 1.165) is 12.8 Å². The van der Waals surface area contributed by atoms with Crippen LogP contribution in [-0.2, 0) is 0 Å². The molecule has 0 saturated heterocycles. The molecule has 154 valence electrons. The van der Waals surface area contributed by atoms with Gasteiger partial charge in [-0.15, -0.1) is 0 Å². The topological polar surface area (TPSA) is 72.0 Å². The van der Waals surface area contributed by atoms with E-state index < -0.39 is 11.7 Å². The number of ether oxygens (including phenoxy) is 2. The number of unbranched alkanes of at least 4 members (excludes halogenated alkanes) is 1. The number of aliphatic imine (C=N–C) groups is 1. The van der Waals surface area contributed by atoms with Crippen molar-refractivity contribution in [2.24, 2.45) is 4.99 Å². The Morgan fingerprint density at radius 2 is 2.10 bits per heavy atom. The summed E-state index contributed by atoms with van der Waals surface area (Å²) in [7, 11) is 1.48. The van der Waals surface area contributed by atoms with Gasteiger partial charge >= 0.3 is 0 Å². The second kappa shape index (κ2) is 9.60. The maximum Gasteiger partial charge on any atom is 0.262 e. The van der Waals surface area contributed by atoms with E-state index in [1.807, 2.05) is 6.92 Å². The molecule has 3 rings (SSSR count). The Hall–Kier alpha value is -2.80. The van der Waals surface area contributed by atoms with Crippen molar-refractivity contribution in [2.45, 2.75) is 19.8 Å². The lowest BCUT2D eigenvalue weighted by atomic mass is 9.97. The van der Waals surface area contributed by atoms with Crippen molar-refractivity contribution in [3.8, 4) is 22.6 Å². The zero-order valence-electron chi connectivity index (χ0n) is 16.4. The highest BCUT2D eigenvalue weighted by Crippen LogP contribution is 2.41. The van der Waals surface area contributed by atoms with Gasteiger partial charge in [-0.25, -0.2) is 4.39 Å². The summed E-state index contributed by atoms with van der Waals surface area (Å²) in [4.78, 5) is 17.4. The Kier molecular flexibility index (Phi) is 6.93. The number of carbonyl (C=O) groups excluding carboxylic acids is 1. The molecule has 1 aliphatic rings. The van der Waals surface area contributed by atoms with E-state index >= 15 is 0 Å². The van der Waals surface area contributed by atoms with Crippen molar-refractivity contribution in [1.29, 1.82) is 0 Å². The summed E-state index contributed by atoms with van der Waals surface area (Å²) in [5, 5.41) is 6.02. The molecule has 2 aromatic carbocycles. The smallest absolute Gasteiger partial charge is 0.262 e. The summed E-state index contributed by atoms with van der Waals surface area (Å²) < 4.78 is 25.3. The normalized spacial score (nSPS) is 12.9. The van der Waals surface area contributed by atoms with E-state index in [4.69, 9.17) is 21.1 Å². The van der Waals surface area contributed by atoms with Crippen LogP contribution >= 0.6 is 11.6 Å². The molecule has 2 aromatic rings. The zero-order chi connectivity index (χ0) is 20.8. The maximum atomic E-state index is 14.1. The SMILES string of the molecule is CCCCOc1ccc(Cl)c(-c2cc(F)ccc2OC)c1C(=O)NC1=NCCN1. The third kappa shape index (κ3) is 4.79. The van der Waals surface area contributed by atoms with Gasteiger partial charge in [0.25, 0.3) is 5.91 Å². The third-order valence-electron chi connectivity index (χ3n) is 4.44. The Balaban J connectivity index is 2.14. The Morgan fingerprint density at radius 3 is 2.79 bits per heavy atom. The highest BCUT2D eigenvalue weighted by molar-refractivity contribution is 6.34. The summed E-state index contributed by atoms with van der Waals surface area (Å²) >= 11 is 6.48. The molecule has 1 aliphatic heterocycles. The average molecular weight is 420 g/mol. The summed E-state index contributed by atoms with van der Waals surface area (Å²) in [5.41, 5.74) is 0.909. The van der Waals surface area contributed by atoms with E-state index in [2.05, 4.69) is 15.6 Å². The van der Waals surface area contributed by atoms with Crippen LogP contribution in [0.2, 0.25) is 5.02 Å². The van der Waals surface area contributed by atoms with Gasteiger partial charge < -0.3 is 14.8 Å². The van der Waals surface area contributed by atoms with Crippen LogP contribution in [0.4, 0.5) is 4.39 Å². The third-order valence-corrected chi connectivity index (χ3v) is 4.75. The molecule has 0 radical (unpaired) electrons. The highest BCUT2D eigenvalue weighted by atomic mass is 35.5. The quantitative estimate of drug-likeness (QED) is 0.665. The molecule has 1 amide bonds. The van der Waals surface area contributed by atoms with Gasteiger partial charge in [0.1, 0.15) is 17.3 Å². The number of benzene rings is 2. The predicted molar refractivity (Wildman–Crippen MR) is 112 cm³/mol. The molecule has 2 N–H and O–H groups in total. The van der Waals surface area contributed by atoms with E-state index in [-0.39, 0.29) is 10.6 Å². The molecule has 1 heterocycles. The lowest BCUT2D eigenvalue weighted by molar-refractivity contribution is 0.0972. The molecule has 0 aliphatic carbocycles. The van der Waals surface area contributed by atoms with E-state index in [9.17, 15) is 9.18 Å². The second-order valence-electron chi connectivity index (χ2n) is 6.45. The lowest BCUT2D eigenvalue weighted by Gasteiger charge is -2.18. The van der Waals surface area contributed by atoms with Gasteiger partial charge in [-0.1, -0.05) is 24.9 Å². The molecule has 0 atom stereocenters. The molecule has 0 fully saturated rings. The van der Waals surface area contributed by atoms with Crippen LogP contribution in [0.15, 0.2) is 35.3 Å². The van der Waals surface area contributed by atoms with Crippen molar-refractivity contribution in [2.75, 3.05) is 26.8 Å². The van der Waals surface area contributed by atoms with Crippen molar-refractivity contribution in [3.05, 3.63) is 46.7 Å². The Bertz CT molecular complexity index is 934. The van der Waals surface area contributed by atoms with Crippen LogP contribution in [0.1, 0.15) is 30.1 Å². The van der Waals surface area contributed by atoms with Gasteiger partial charge in [0, 0.05) is 22.7 Å². The lowest BCUT2D eigenvalue weighted by Crippen LogP contribution is -2.38. The number of rotatable bonds is 7. The van der Waals surface area contributed by atoms with Crippen molar-refractivity contribution in [3.63, 3.8) is 0 Å². The van der Waals surface area contributed by atoms with Gasteiger partial charge in [-0.3, -0.25) is 15.1 Å². The van der Waals surface area contributed by atoms with Gasteiger partial charge in [0.05, 0.1) is 25.8 Å². The molecule has 0 aromatic heterocycles. The van der Waals surface area contributed by atoms with Gasteiger partial charge in [0.2, 0.25) is 0 Å². The Morgan fingerprint density at radius 1 is 1.31 bits per heavy atom. The number of halogens is 2. The standard InChI is InChI=1S/C21H23ClFN3O3/c1-3-4-11-29-17-8-6-15(22)18(14-12-13(23)5-7-16(14)28-2)19(17)20(27)26-21-24-9-10-25-21/h5-8,12H,3-4,9-11H2,1-2H3,(H2,24,25,26,27). The first-order chi connectivity index (χ1) is 14.0. The van der Waals surface area contributed by atoms with Crippen LogP contribution < -0.4 is 20.1 Å². The number of amides is 1. The van der Waals surface area contributed by atoms with Crippen molar-refractivity contribution < 1.29 is 18.7 Å². The van der Waals surface area contributed by atoms with Gasteiger partial charge in [0.15, 0.2) is 5.96 Å². The molecule has 0 spiro atoms. The molecule has 29 heavy (non-hydrogen) atoms. The first-order valence-corrected chi connectivity index (χ1v) is 9.81. The fourth-order valence-electron chi connectivity index (χ4n) is 3.02.